The van der Waals surface area contributed by atoms with Crippen LogP contribution in [0.15, 0.2) is 43.2 Å². The molecular weight excluding hydrogens is 272 g/mol. The average molecular weight is 296 g/mol. The van der Waals surface area contributed by atoms with E-state index in [1.165, 1.54) is 5.56 Å². The highest BCUT2D eigenvalue weighted by molar-refractivity contribution is 6.57. The van der Waals surface area contributed by atoms with E-state index in [4.69, 9.17) is 4.43 Å². The third kappa shape index (κ3) is 8.08. The van der Waals surface area contributed by atoms with Crippen molar-refractivity contribution < 1.29 is 14.0 Å². The molecule has 0 amide bonds. The summed E-state index contributed by atoms with van der Waals surface area (Å²) in [5.41, 5.74) is 1.27. The van der Waals surface area contributed by atoms with Crippen molar-refractivity contribution in [1.82, 2.24) is 10.6 Å². The van der Waals surface area contributed by atoms with Gasteiger partial charge in [-0.25, -0.2) is 0 Å². The molecule has 0 atom stereocenters. The molecule has 0 aliphatic heterocycles. The Morgan fingerprint density at radius 3 is 2.50 bits per heavy atom. The Morgan fingerprint density at radius 2 is 1.80 bits per heavy atom. The SMILES string of the molecule is C=CO[Si](O)(O)CCCNCCNCc1ccccc1. The van der Waals surface area contributed by atoms with Crippen molar-refractivity contribution in [3.05, 3.63) is 48.7 Å². The first-order chi connectivity index (χ1) is 9.64. The average Bonchev–Trinajstić information content (AvgIpc) is 2.43. The minimum absolute atomic E-state index is 0.281. The minimum atomic E-state index is -3.50. The second kappa shape index (κ2) is 9.68. The summed E-state index contributed by atoms with van der Waals surface area (Å²) in [4.78, 5) is 18.9. The van der Waals surface area contributed by atoms with E-state index < -0.39 is 8.80 Å². The summed E-state index contributed by atoms with van der Waals surface area (Å²) in [6, 6.07) is 10.5. The van der Waals surface area contributed by atoms with Crippen molar-refractivity contribution in [2.75, 3.05) is 19.6 Å². The zero-order chi connectivity index (χ0) is 14.7. The van der Waals surface area contributed by atoms with Crippen LogP contribution in [0.3, 0.4) is 0 Å². The fourth-order valence-electron chi connectivity index (χ4n) is 1.77. The number of hydrogen-bond acceptors (Lipinski definition) is 5. The van der Waals surface area contributed by atoms with Crippen molar-refractivity contribution >= 4 is 8.80 Å². The fourth-order valence-corrected chi connectivity index (χ4v) is 2.79. The van der Waals surface area contributed by atoms with E-state index in [1.807, 2.05) is 18.2 Å². The van der Waals surface area contributed by atoms with Crippen molar-refractivity contribution in [3.63, 3.8) is 0 Å². The zero-order valence-electron chi connectivity index (χ0n) is 11.7. The Morgan fingerprint density at radius 1 is 1.10 bits per heavy atom. The van der Waals surface area contributed by atoms with Crippen LogP contribution in [0.4, 0.5) is 0 Å². The minimum Gasteiger partial charge on any atom is -0.508 e. The first-order valence-corrected chi connectivity index (χ1v) is 8.84. The van der Waals surface area contributed by atoms with Gasteiger partial charge in [-0.1, -0.05) is 36.9 Å². The van der Waals surface area contributed by atoms with Gasteiger partial charge in [0.25, 0.3) is 0 Å². The van der Waals surface area contributed by atoms with Crippen molar-refractivity contribution in [1.29, 1.82) is 0 Å². The maximum atomic E-state index is 9.44. The first kappa shape index (κ1) is 16.9. The predicted octanol–water partition coefficient (Wildman–Crippen LogP) is 0.839. The summed E-state index contributed by atoms with van der Waals surface area (Å²) in [6.07, 6.45) is 1.76. The third-order valence-electron chi connectivity index (χ3n) is 2.78. The molecule has 0 saturated carbocycles. The maximum absolute atomic E-state index is 9.44. The van der Waals surface area contributed by atoms with E-state index >= 15 is 0 Å². The standard InChI is InChI=1S/C14H24N2O3Si/c1-2-19-20(17,18)12-6-9-15-10-11-16-13-14-7-4-3-5-8-14/h2-5,7-8,15-18H,1,6,9-13H2. The molecule has 0 saturated heterocycles. The van der Waals surface area contributed by atoms with Crippen LogP contribution >= 0.6 is 0 Å². The highest BCUT2D eigenvalue weighted by Crippen LogP contribution is 2.06. The van der Waals surface area contributed by atoms with Crippen LogP contribution in [0.5, 0.6) is 0 Å². The summed E-state index contributed by atoms with van der Waals surface area (Å²) in [6.45, 7) is 6.64. The van der Waals surface area contributed by atoms with Crippen LogP contribution in [0.2, 0.25) is 6.04 Å². The van der Waals surface area contributed by atoms with E-state index in [0.29, 0.717) is 6.42 Å². The second-order valence-corrected chi connectivity index (χ2v) is 6.77. The number of benzene rings is 1. The Bertz CT molecular complexity index is 374. The lowest BCUT2D eigenvalue weighted by Gasteiger charge is -2.15. The van der Waals surface area contributed by atoms with E-state index in [2.05, 4.69) is 29.3 Å². The molecule has 112 valence electrons. The summed E-state index contributed by atoms with van der Waals surface area (Å²) >= 11 is 0. The molecule has 4 N–H and O–H groups in total. The number of hydrogen-bond donors (Lipinski definition) is 4. The van der Waals surface area contributed by atoms with Gasteiger partial charge < -0.3 is 24.7 Å². The van der Waals surface area contributed by atoms with Gasteiger partial charge in [-0.3, -0.25) is 0 Å². The molecule has 0 radical (unpaired) electrons. The van der Waals surface area contributed by atoms with Gasteiger partial charge in [0, 0.05) is 25.7 Å². The van der Waals surface area contributed by atoms with Crippen molar-refractivity contribution in [2.24, 2.45) is 0 Å². The molecule has 0 bridgehead atoms. The molecule has 0 aliphatic rings. The molecule has 0 spiro atoms. The van der Waals surface area contributed by atoms with Crippen LogP contribution < -0.4 is 10.6 Å². The smallest absolute Gasteiger partial charge is 0.508 e. The van der Waals surface area contributed by atoms with Gasteiger partial charge in [0.05, 0.1) is 6.26 Å². The third-order valence-corrected chi connectivity index (χ3v) is 4.33. The lowest BCUT2D eigenvalue weighted by atomic mass is 10.2. The van der Waals surface area contributed by atoms with Gasteiger partial charge in [-0.2, -0.15) is 0 Å². The molecule has 0 aromatic heterocycles. The maximum Gasteiger partial charge on any atom is 0.560 e. The topological polar surface area (TPSA) is 73.8 Å². The Hall–Kier alpha value is -1.18. The van der Waals surface area contributed by atoms with Gasteiger partial charge in [-0.15, -0.1) is 0 Å². The monoisotopic (exact) mass is 296 g/mol. The lowest BCUT2D eigenvalue weighted by molar-refractivity contribution is 0.209. The van der Waals surface area contributed by atoms with Crippen LogP contribution in [0.1, 0.15) is 12.0 Å². The Kier molecular flexibility index (Phi) is 8.16. The molecule has 1 rings (SSSR count). The molecule has 0 unspecified atom stereocenters. The molecule has 6 heteroatoms. The van der Waals surface area contributed by atoms with E-state index in [9.17, 15) is 9.59 Å². The molecule has 0 heterocycles. The fraction of sp³-hybridized carbons (Fsp3) is 0.429. The Balaban J connectivity index is 1.94. The number of rotatable bonds is 11. The lowest BCUT2D eigenvalue weighted by Crippen LogP contribution is -2.38. The van der Waals surface area contributed by atoms with Crippen LogP contribution in [0, 0.1) is 0 Å². The predicted molar refractivity (Wildman–Crippen MR) is 81.9 cm³/mol. The molecule has 5 nitrogen and oxygen atoms in total. The first-order valence-electron chi connectivity index (χ1n) is 6.83. The van der Waals surface area contributed by atoms with Gasteiger partial charge in [-0.05, 0) is 18.5 Å². The van der Waals surface area contributed by atoms with E-state index in [-0.39, 0.29) is 6.04 Å². The molecule has 1 aromatic rings. The van der Waals surface area contributed by atoms with E-state index in [1.54, 1.807) is 0 Å². The summed E-state index contributed by atoms with van der Waals surface area (Å²) in [7, 11) is -3.50. The van der Waals surface area contributed by atoms with E-state index in [0.717, 1.165) is 32.4 Å². The van der Waals surface area contributed by atoms with Gasteiger partial charge >= 0.3 is 8.80 Å². The quantitative estimate of drug-likeness (QED) is 0.277. The molecular formula is C14H24N2O3Si. The molecule has 0 aliphatic carbocycles. The second-order valence-electron chi connectivity index (χ2n) is 4.54. The highest BCUT2D eigenvalue weighted by atomic mass is 28.4. The molecule has 1 aromatic carbocycles. The molecule has 0 fully saturated rings. The van der Waals surface area contributed by atoms with Crippen LogP contribution in [0.25, 0.3) is 0 Å². The van der Waals surface area contributed by atoms with Gasteiger partial charge in [0.2, 0.25) is 0 Å². The normalized spacial score (nSPS) is 11.3. The Labute approximate surface area is 121 Å². The van der Waals surface area contributed by atoms with Crippen molar-refractivity contribution in [3.8, 4) is 0 Å². The largest absolute Gasteiger partial charge is 0.560 e. The summed E-state index contributed by atoms with van der Waals surface area (Å²) in [5, 5.41) is 6.58. The summed E-state index contributed by atoms with van der Waals surface area (Å²) < 4.78 is 4.70. The van der Waals surface area contributed by atoms with Gasteiger partial charge in [0.15, 0.2) is 0 Å². The van der Waals surface area contributed by atoms with Crippen LogP contribution in [-0.2, 0) is 11.0 Å². The van der Waals surface area contributed by atoms with Crippen molar-refractivity contribution in [2.45, 2.75) is 19.0 Å². The molecule has 20 heavy (non-hydrogen) atoms. The zero-order valence-corrected chi connectivity index (χ0v) is 12.7. The van der Waals surface area contributed by atoms with Crippen LogP contribution in [-0.4, -0.2) is 38.0 Å². The van der Waals surface area contributed by atoms with Gasteiger partial charge in [0.1, 0.15) is 0 Å². The summed E-state index contributed by atoms with van der Waals surface area (Å²) in [5.74, 6) is 0. The number of nitrogens with one attached hydrogen (secondary N) is 2. The highest BCUT2D eigenvalue weighted by Gasteiger charge is 2.32.